The topological polar surface area (TPSA) is 121 Å². The van der Waals surface area contributed by atoms with Crippen molar-refractivity contribution in [2.24, 2.45) is 10.7 Å². The molecule has 0 unspecified atom stereocenters. The van der Waals surface area contributed by atoms with Crippen LogP contribution in [0.1, 0.15) is 12.5 Å². The van der Waals surface area contributed by atoms with Crippen LogP contribution >= 0.6 is 0 Å². The first-order chi connectivity index (χ1) is 7.52. The number of nitrogen functional groups attached to an aromatic ring is 1. The van der Waals surface area contributed by atoms with E-state index in [0.717, 1.165) is 6.21 Å². The highest BCUT2D eigenvalue weighted by molar-refractivity contribution is 5.89. The Morgan fingerprint density at radius 3 is 2.75 bits per heavy atom. The van der Waals surface area contributed by atoms with Gasteiger partial charge in [0.25, 0.3) is 6.02 Å². The third-order valence-corrected chi connectivity index (χ3v) is 1.72. The molecule has 0 amide bonds. The van der Waals surface area contributed by atoms with Gasteiger partial charge in [-0.05, 0) is 18.2 Å². The van der Waals surface area contributed by atoms with Crippen molar-refractivity contribution < 1.29 is 4.74 Å². The average Bonchev–Trinajstić information content (AvgIpc) is 2.19. The number of nitrogens with two attached hydrogens (primary N) is 2. The molecule has 6 N–H and O–H groups in total. The molecule has 0 heterocycles. The predicted octanol–water partition coefficient (Wildman–Crippen LogP) is 1.23. The maximum atomic E-state index is 7.13. The molecule has 0 saturated carbocycles. The van der Waals surface area contributed by atoms with Gasteiger partial charge in [0.15, 0.2) is 5.90 Å². The first-order valence-corrected chi connectivity index (χ1v) is 4.50. The maximum absolute atomic E-state index is 7.13. The van der Waals surface area contributed by atoms with E-state index >= 15 is 0 Å². The SMILES string of the molecule is CC(=N)OC(N)=Nc1ccc(N)c(C=N)c1. The molecular weight excluding hydrogens is 206 g/mol. The molecule has 0 aliphatic rings. The van der Waals surface area contributed by atoms with Crippen molar-refractivity contribution in [2.75, 3.05) is 5.73 Å². The zero-order chi connectivity index (χ0) is 12.1. The normalized spacial score (nSPS) is 10.9. The van der Waals surface area contributed by atoms with Gasteiger partial charge in [0.2, 0.25) is 0 Å². The lowest BCUT2D eigenvalue weighted by Gasteiger charge is -2.03. The van der Waals surface area contributed by atoms with Crippen LogP contribution in [0.2, 0.25) is 0 Å². The molecule has 0 atom stereocenters. The van der Waals surface area contributed by atoms with Crippen LogP contribution < -0.4 is 11.5 Å². The summed E-state index contributed by atoms with van der Waals surface area (Å²) in [5.74, 6) is -0.0380. The van der Waals surface area contributed by atoms with Crippen molar-refractivity contribution >= 4 is 29.5 Å². The quantitative estimate of drug-likeness (QED) is 0.340. The van der Waals surface area contributed by atoms with Crippen LogP contribution in [0, 0.1) is 10.8 Å². The molecule has 6 heteroatoms. The predicted molar refractivity (Wildman–Crippen MR) is 64.5 cm³/mol. The fourth-order valence-corrected chi connectivity index (χ4v) is 1.06. The number of hydrogen-bond acceptors (Lipinski definition) is 5. The monoisotopic (exact) mass is 219 g/mol. The van der Waals surface area contributed by atoms with Gasteiger partial charge in [0, 0.05) is 24.4 Å². The lowest BCUT2D eigenvalue weighted by Crippen LogP contribution is -2.18. The summed E-state index contributed by atoms with van der Waals surface area (Å²) in [6.45, 7) is 1.45. The smallest absolute Gasteiger partial charge is 0.293 e. The van der Waals surface area contributed by atoms with Crippen LogP contribution in [-0.2, 0) is 4.74 Å². The second kappa shape index (κ2) is 4.92. The van der Waals surface area contributed by atoms with E-state index in [1.807, 2.05) is 0 Å². The molecule has 1 aromatic carbocycles. The maximum Gasteiger partial charge on any atom is 0.293 e. The van der Waals surface area contributed by atoms with Crippen LogP contribution in [0.3, 0.4) is 0 Å². The number of amidine groups is 1. The Bertz CT molecular complexity index is 453. The summed E-state index contributed by atoms with van der Waals surface area (Å²) in [7, 11) is 0. The Hall–Kier alpha value is -2.37. The minimum atomic E-state index is -0.117. The summed E-state index contributed by atoms with van der Waals surface area (Å²) >= 11 is 0. The summed E-state index contributed by atoms with van der Waals surface area (Å²) < 4.78 is 4.78. The van der Waals surface area contributed by atoms with Crippen LogP contribution in [0.15, 0.2) is 23.2 Å². The molecule has 0 aliphatic carbocycles. The minimum Gasteiger partial charge on any atom is -0.412 e. The minimum absolute atomic E-state index is 0.0380. The van der Waals surface area contributed by atoms with Crippen molar-refractivity contribution in [1.82, 2.24) is 0 Å². The van der Waals surface area contributed by atoms with Crippen LogP contribution in [0.4, 0.5) is 11.4 Å². The van der Waals surface area contributed by atoms with Crippen LogP contribution in [0.25, 0.3) is 0 Å². The third kappa shape index (κ3) is 3.09. The third-order valence-electron chi connectivity index (χ3n) is 1.72. The fourth-order valence-electron chi connectivity index (χ4n) is 1.06. The van der Waals surface area contributed by atoms with E-state index in [9.17, 15) is 0 Å². The number of rotatable bonds is 2. The van der Waals surface area contributed by atoms with Gasteiger partial charge in [-0.25, -0.2) is 0 Å². The molecule has 0 radical (unpaired) electrons. The molecule has 6 nitrogen and oxygen atoms in total. The van der Waals surface area contributed by atoms with Crippen LogP contribution in [0.5, 0.6) is 0 Å². The second-order valence-electron chi connectivity index (χ2n) is 3.07. The van der Waals surface area contributed by atoms with E-state index in [1.54, 1.807) is 18.2 Å². The standard InChI is InChI=1S/C10H13N5O/c1-6(12)16-10(14)15-8-2-3-9(13)7(4-8)5-11/h2-5,11-12H,13H2,1H3,(H2,14,15). The first kappa shape index (κ1) is 11.7. The molecule has 0 aliphatic heterocycles. The Balaban J connectivity index is 2.97. The van der Waals surface area contributed by atoms with Crippen molar-refractivity contribution in [3.05, 3.63) is 23.8 Å². The number of nitrogens with one attached hydrogen (secondary N) is 2. The molecule has 16 heavy (non-hydrogen) atoms. The summed E-state index contributed by atoms with van der Waals surface area (Å²) in [6.07, 6.45) is 1.13. The van der Waals surface area contributed by atoms with E-state index < -0.39 is 0 Å². The molecular formula is C10H13N5O. The highest BCUT2D eigenvalue weighted by Gasteiger charge is 2.00. The first-order valence-electron chi connectivity index (χ1n) is 4.50. The Kier molecular flexibility index (Phi) is 3.60. The molecule has 0 aromatic heterocycles. The van der Waals surface area contributed by atoms with Crippen LogP contribution in [-0.4, -0.2) is 18.1 Å². The molecule has 0 bridgehead atoms. The van der Waals surface area contributed by atoms with Gasteiger partial charge >= 0.3 is 0 Å². The molecule has 84 valence electrons. The zero-order valence-electron chi connectivity index (χ0n) is 8.82. The van der Waals surface area contributed by atoms with Gasteiger partial charge in [-0.3, -0.25) is 5.41 Å². The number of hydrogen-bond donors (Lipinski definition) is 4. The summed E-state index contributed by atoms with van der Waals surface area (Å²) in [5, 5.41) is 14.2. The molecule has 0 saturated heterocycles. The van der Waals surface area contributed by atoms with E-state index in [1.165, 1.54) is 6.92 Å². The summed E-state index contributed by atoms with van der Waals surface area (Å²) in [4.78, 5) is 3.92. The number of aliphatic imine (C=N–C) groups is 1. The number of nitrogens with zero attached hydrogens (tertiary/aromatic N) is 1. The van der Waals surface area contributed by atoms with Gasteiger partial charge < -0.3 is 21.6 Å². The zero-order valence-corrected chi connectivity index (χ0v) is 8.82. The van der Waals surface area contributed by atoms with Crippen molar-refractivity contribution in [1.29, 1.82) is 10.8 Å². The molecule has 0 spiro atoms. The van der Waals surface area contributed by atoms with Gasteiger partial charge in [-0.15, -0.1) is 0 Å². The van der Waals surface area contributed by atoms with Crippen molar-refractivity contribution in [3.63, 3.8) is 0 Å². The number of ether oxygens (including phenoxy) is 1. The van der Waals surface area contributed by atoms with Gasteiger partial charge in [-0.1, -0.05) is 0 Å². The van der Waals surface area contributed by atoms with Gasteiger partial charge in [0.1, 0.15) is 0 Å². The number of anilines is 1. The molecule has 1 aromatic rings. The summed E-state index contributed by atoms with van der Waals surface area (Å²) in [6, 6.07) is 4.77. The second-order valence-corrected chi connectivity index (χ2v) is 3.07. The lowest BCUT2D eigenvalue weighted by atomic mass is 10.2. The fraction of sp³-hybridized carbons (Fsp3) is 0.100. The highest BCUT2D eigenvalue weighted by Crippen LogP contribution is 2.18. The molecule has 0 fully saturated rings. The Morgan fingerprint density at radius 1 is 1.50 bits per heavy atom. The Labute approximate surface area is 93.0 Å². The van der Waals surface area contributed by atoms with E-state index in [4.69, 9.17) is 27.0 Å². The highest BCUT2D eigenvalue weighted by atomic mass is 16.5. The molecule has 1 rings (SSSR count). The lowest BCUT2D eigenvalue weighted by molar-refractivity contribution is 0.527. The average molecular weight is 219 g/mol. The largest absolute Gasteiger partial charge is 0.412 e. The Morgan fingerprint density at radius 2 is 2.19 bits per heavy atom. The summed E-state index contributed by atoms with van der Waals surface area (Å²) in [5.41, 5.74) is 12.6. The van der Waals surface area contributed by atoms with E-state index in [0.29, 0.717) is 16.9 Å². The van der Waals surface area contributed by atoms with Crippen molar-refractivity contribution in [3.8, 4) is 0 Å². The van der Waals surface area contributed by atoms with E-state index in [2.05, 4.69) is 4.99 Å². The number of benzene rings is 1. The van der Waals surface area contributed by atoms with Gasteiger partial charge in [-0.2, -0.15) is 4.99 Å². The van der Waals surface area contributed by atoms with E-state index in [-0.39, 0.29) is 11.9 Å². The van der Waals surface area contributed by atoms with Gasteiger partial charge in [0.05, 0.1) is 5.69 Å². The van der Waals surface area contributed by atoms with Crippen molar-refractivity contribution in [2.45, 2.75) is 6.92 Å².